The minimum absolute atomic E-state index is 0.0575. The van der Waals surface area contributed by atoms with Crippen molar-refractivity contribution in [3.05, 3.63) is 23.8 Å². The first kappa shape index (κ1) is 12.3. The normalized spacial score (nSPS) is 18.9. The molecule has 0 bridgehead atoms. The van der Waals surface area contributed by atoms with Crippen molar-refractivity contribution in [3.63, 3.8) is 0 Å². The molecule has 1 aromatic carbocycles. The summed E-state index contributed by atoms with van der Waals surface area (Å²) in [6.45, 7) is 1.83. The van der Waals surface area contributed by atoms with Crippen LogP contribution in [-0.2, 0) is 0 Å². The average molecular weight is 259 g/mol. The average Bonchev–Trinajstić information content (AvgIpc) is 2.48. The molecule has 1 amide bonds. The zero-order valence-electron chi connectivity index (χ0n) is 11.2. The van der Waals surface area contributed by atoms with Crippen LogP contribution in [0, 0.1) is 0 Å². The number of hydrogen-bond acceptors (Lipinski definition) is 3. The topological polar surface area (TPSA) is 53.2 Å². The Morgan fingerprint density at radius 3 is 2.58 bits per heavy atom. The van der Waals surface area contributed by atoms with Crippen LogP contribution in [-0.4, -0.2) is 25.0 Å². The summed E-state index contributed by atoms with van der Waals surface area (Å²) in [5, 5.41) is 9.79. The summed E-state index contributed by atoms with van der Waals surface area (Å²) in [6, 6.07) is 6.19. The zero-order chi connectivity index (χ0) is 13.1. The van der Waals surface area contributed by atoms with Gasteiger partial charge in [-0.2, -0.15) is 0 Å². The molecule has 2 aliphatic rings. The lowest BCUT2D eigenvalue weighted by atomic mass is 9.95. The molecule has 1 aromatic rings. The van der Waals surface area contributed by atoms with Crippen LogP contribution in [0.4, 0.5) is 11.4 Å². The molecule has 0 unspecified atom stereocenters. The summed E-state index contributed by atoms with van der Waals surface area (Å²) in [5.74, 6) is 0.0575. The van der Waals surface area contributed by atoms with Gasteiger partial charge in [0.05, 0.1) is 11.4 Å². The zero-order valence-corrected chi connectivity index (χ0v) is 11.2. The van der Waals surface area contributed by atoms with Crippen LogP contribution in [0.2, 0.25) is 0 Å². The number of carbonyl (C=O) groups excluding carboxylic acids is 1. The van der Waals surface area contributed by atoms with Crippen molar-refractivity contribution in [1.82, 2.24) is 5.32 Å². The predicted molar refractivity (Wildman–Crippen MR) is 77.8 cm³/mol. The van der Waals surface area contributed by atoms with Crippen LogP contribution in [0.25, 0.3) is 0 Å². The maximum Gasteiger partial charge on any atom is 0.251 e. The van der Waals surface area contributed by atoms with E-state index >= 15 is 0 Å². The first-order valence-electron chi connectivity index (χ1n) is 7.25. The lowest BCUT2D eigenvalue weighted by Crippen LogP contribution is -2.36. The molecule has 19 heavy (non-hydrogen) atoms. The van der Waals surface area contributed by atoms with E-state index in [0.717, 1.165) is 42.9 Å². The number of hydrogen-bond donors (Lipinski definition) is 3. The summed E-state index contributed by atoms with van der Waals surface area (Å²) >= 11 is 0. The van der Waals surface area contributed by atoms with Crippen LogP contribution in [0.5, 0.6) is 0 Å². The summed E-state index contributed by atoms with van der Waals surface area (Å²) in [5.41, 5.74) is 2.86. The molecule has 0 saturated heterocycles. The van der Waals surface area contributed by atoms with Gasteiger partial charge in [-0.05, 0) is 31.0 Å². The summed E-state index contributed by atoms with van der Waals surface area (Å²) in [7, 11) is 0. The van der Waals surface area contributed by atoms with Gasteiger partial charge in [0.25, 0.3) is 5.91 Å². The Balaban J connectivity index is 1.69. The second-order valence-corrected chi connectivity index (χ2v) is 5.42. The Bertz CT molecular complexity index is 466. The van der Waals surface area contributed by atoms with Crippen molar-refractivity contribution in [2.75, 3.05) is 23.7 Å². The molecule has 0 radical (unpaired) electrons. The number of carbonyl (C=O) groups is 1. The molecule has 1 saturated carbocycles. The molecular weight excluding hydrogens is 238 g/mol. The monoisotopic (exact) mass is 259 g/mol. The molecule has 0 atom stereocenters. The van der Waals surface area contributed by atoms with E-state index in [0.29, 0.717) is 6.04 Å². The minimum Gasteiger partial charge on any atom is -0.382 e. The highest BCUT2D eigenvalue weighted by molar-refractivity contribution is 5.96. The minimum atomic E-state index is 0.0575. The number of nitrogens with one attached hydrogen (secondary N) is 3. The van der Waals surface area contributed by atoms with Crippen molar-refractivity contribution in [2.24, 2.45) is 0 Å². The van der Waals surface area contributed by atoms with Gasteiger partial charge in [-0.25, -0.2) is 0 Å². The summed E-state index contributed by atoms with van der Waals surface area (Å²) in [6.07, 6.45) is 6.02. The highest BCUT2D eigenvalue weighted by atomic mass is 16.1. The van der Waals surface area contributed by atoms with E-state index in [1.807, 2.05) is 18.2 Å². The van der Waals surface area contributed by atoms with E-state index in [-0.39, 0.29) is 5.91 Å². The van der Waals surface area contributed by atoms with Crippen molar-refractivity contribution >= 4 is 17.3 Å². The smallest absolute Gasteiger partial charge is 0.251 e. The Morgan fingerprint density at radius 2 is 1.79 bits per heavy atom. The third kappa shape index (κ3) is 2.83. The van der Waals surface area contributed by atoms with Crippen molar-refractivity contribution in [2.45, 2.75) is 38.1 Å². The largest absolute Gasteiger partial charge is 0.382 e. The highest BCUT2D eigenvalue weighted by Crippen LogP contribution is 2.25. The number of rotatable bonds is 2. The van der Waals surface area contributed by atoms with Crippen molar-refractivity contribution in [3.8, 4) is 0 Å². The first-order chi connectivity index (χ1) is 9.33. The predicted octanol–water partition coefficient (Wildman–Crippen LogP) is 2.59. The van der Waals surface area contributed by atoms with Gasteiger partial charge >= 0.3 is 0 Å². The fourth-order valence-corrected chi connectivity index (χ4v) is 2.90. The second-order valence-electron chi connectivity index (χ2n) is 5.42. The van der Waals surface area contributed by atoms with Gasteiger partial charge in [0.1, 0.15) is 0 Å². The van der Waals surface area contributed by atoms with E-state index in [9.17, 15) is 4.79 Å². The van der Waals surface area contributed by atoms with Crippen LogP contribution in [0.1, 0.15) is 42.5 Å². The van der Waals surface area contributed by atoms with Crippen molar-refractivity contribution < 1.29 is 4.79 Å². The molecule has 3 rings (SSSR count). The molecule has 1 heterocycles. The van der Waals surface area contributed by atoms with Gasteiger partial charge < -0.3 is 16.0 Å². The molecule has 0 aromatic heterocycles. The molecule has 4 heteroatoms. The molecule has 3 N–H and O–H groups in total. The maximum atomic E-state index is 12.2. The molecule has 1 aliphatic carbocycles. The van der Waals surface area contributed by atoms with Gasteiger partial charge in [-0.15, -0.1) is 0 Å². The summed E-state index contributed by atoms with van der Waals surface area (Å²) < 4.78 is 0. The lowest BCUT2D eigenvalue weighted by molar-refractivity contribution is 0.0928. The highest BCUT2D eigenvalue weighted by Gasteiger charge is 2.17. The quantitative estimate of drug-likeness (QED) is 0.765. The van der Waals surface area contributed by atoms with Crippen LogP contribution in [0.15, 0.2) is 18.2 Å². The third-order valence-corrected chi connectivity index (χ3v) is 3.98. The van der Waals surface area contributed by atoms with Gasteiger partial charge in [0, 0.05) is 24.7 Å². The van der Waals surface area contributed by atoms with Gasteiger partial charge in [-0.1, -0.05) is 19.3 Å². The van der Waals surface area contributed by atoms with E-state index in [4.69, 9.17) is 0 Å². The molecule has 102 valence electrons. The fourth-order valence-electron chi connectivity index (χ4n) is 2.90. The number of anilines is 2. The lowest BCUT2D eigenvalue weighted by Gasteiger charge is -2.24. The van der Waals surface area contributed by atoms with Gasteiger partial charge in [0.2, 0.25) is 0 Å². The van der Waals surface area contributed by atoms with Crippen LogP contribution < -0.4 is 16.0 Å². The standard InChI is InChI=1S/C15H21N3O/c19-15(18-12-4-2-1-3-5-12)11-6-7-13-14(10-11)17-9-8-16-13/h6-7,10,12,16-17H,1-5,8-9H2,(H,18,19). The summed E-state index contributed by atoms with van der Waals surface area (Å²) in [4.78, 5) is 12.2. The van der Waals surface area contributed by atoms with Crippen LogP contribution >= 0.6 is 0 Å². The number of benzene rings is 1. The van der Waals surface area contributed by atoms with Gasteiger partial charge in [-0.3, -0.25) is 4.79 Å². The molecule has 1 aliphatic heterocycles. The molecule has 0 spiro atoms. The Kier molecular flexibility index (Phi) is 3.58. The molecular formula is C15H21N3O. The molecule has 4 nitrogen and oxygen atoms in total. The van der Waals surface area contributed by atoms with Gasteiger partial charge in [0.15, 0.2) is 0 Å². The van der Waals surface area contributed by atoms with E-state index < -0.39 is 0 Å². The van der Waals surface area contributed by atoms with Crippen LogP contribution in [0.3, 0.4) is 0 Å². The fraction of sp³-hybridized carbons (Fsp3) is 0.533. The number of amides is 1. The van der Waals surface area contributed by atoms with Crippen molar-refractivity contribution in [1.29, 1.82) is 0 Å². The van der Waals surface area contributed by atoms with E-state index in [1.165, 1.54) is 19.3 Å². The number of fused-ring (bicyclic) bond motifs is 1. The Hall–Kier alpha value is -1.71. The second kappa shape index (κ2) is 5.51. The SMILES string of the molecule is O=C(NC1CCCCC1)c1ccc2c(c1)NCCN2. The Labute approximate surface area is 114 Å². The third-order valence-electron chi connectivity index (χ3n) is 3.98. The van der Waals surface area contributed by atoms with E-state index in [2.05, 4.69) is 16.0 Å². The molecule has 1 fully saturated rings. The first-order valence-corrected chi connectivity index (χ1v) is 7.25. The van der Waals surface area contributed by atoms with E-state index in [1.54, 1.807) is 0 Å². The maximum absolute atomic E-state index is 12.2. The Morgan fingerprint density at radius 1 is 1.05 bits per heavy atom.